The summed E-state index contributed by atoms with van der Waals surface area (Å²) in [6.07, 6.45) is 1.22. The summed E-state index contributed by atoms with van der Waals surface area (Å²) in [6.45, 7) is 9.87. The molecule has 0 spiro atoms. The van der Waals surface area contributed by atoms with Crippen molar-refractivity contribution in [2.24, 2.45) is 17.6 Å². The maximum absolute atomic E-state index is 6.37. The Morgan fingerprint density at radius 2 is 2.10 bits per heavy atom. The summed E-state index contributed by atoms with van der Waals surface area (Å²) >= 11 is 12.5. The van der Waals surface area contributed by atoms with Crippen LogP contribution in [0.4, 0.5) is 0 Å². The van der Waals surface area contributed by atoms with E-state index in [0.29, 0.717) is 21.9 Å². The van der Waals surface area contributed by atoms with Gasteiger partial charge in [-0.2, -0.15) is 0 Å². The Morgan fingerprint density at radius 1 is 1.35 bits per heavy atom. The molecular weight excluding hydrogens is 291 g/mol. The van der Waals surface area contributed by atoms with Gasteiger partial charge in [0.15, 0.2) is 0 Å². The van der Waals surface area contributed by atoms with Gasteiger partial charge in [-0.25, -0.2) is 0 Å². The molecule has 20 heavy (non-hydrogen) atoms. The molecule has 2 rings (SSSR count). The van der Waals surface area contributed by atoms with Gasteiger partial charge < -0.3 is 10.2 Å². The lowest BCUT2D eigenvalue weighted by Gasteiger charge is -2.36. The first-order chi connectivity index (χ1) is 9.46. The van der Waals surface area contributed by atoms with E-state index in [2.05, 4.69) is 19.9 Å². The van der Waals surface area contributed by atoms with E-state index in [1.165, 1.54) is 19.5 Å². The van der Waals surface area contributed by atoms with Crippen LogP contribution in [0.25, 0.3) is 0 Å². The Balaban J connectivity index is 2.22. The van der Waals surface area contributed by atoms with Gasteiger partial charge in [0, 0.05) is 30.4 Å². The highest BCUT2D eigenvalue weighted by molar-refractivity contribution is 6.42. The van der Waals surface area contributed by atoms with Crippen LogP contribution in [-0.2, 0) is 6.54 Å². The number of nitrogens with zero attached hydrogens (tertiary/aromatic N) is 1. The molecule has 1 aromatic carbocycles. The highest BCUT2D eigenvalue weighted by Crippen LogP contribution is 2.33. The highest BCUT2D eigenvalue weighted by atomic mass is 35.5. The number of halogens is 2. The summed E-state index contributed by atoms with van der Waals surface area (Å²) in [6, 6.07) is 5.95. The lowest BCUT2D eigenvalue weighted by Crippen LogP contribution is -2.48. The van der Waals surface area contributed by atoms with Gasteiger partial charge in [0.1, 0.15) is 6.54 Å². The fourth-order valence-electron chi connectivity index (χ4n) is 3.56. The first-order valence-corrected chi connectivity index (χ1v) is 8.19. The number of hydrogen-bond donors (Lipinski definition) is 1. The third kappa shape index (κ3) is 3.67. The van der Waals surface area contributed by atoms with Crippen molar-refractivity contribution < 1.29 is 4.48 Å². The molecule has 1 aliphatic heterocycles. The molecule has 0 radical (unpaired) electrons. The SMILES string of the molecule is CC(C)C[N+]1(Cc2cccc(Cl)c2Cl)CC[C@@H](CN)C1. The summed E-state index contributed by atoms with van der Waals surface area (Å²) in [4.78, 5) is 0. The second-order valence-corrected chi connectivity index (χ2v) is 7.37. The minimum Gasteiger partial charge on any atom is -0.330 e. The zero-order valence-electron chi connectivity index (χ0n) is 12.4. The topological polar surface area (TPSA) is 26.0 Å². The number of quaternary nitrogens is 1. The van der Waals surface area contributed by atoms with Gasteiger partial charge in [0.2, 0.25) is 0 Å². The van der Waals surface area contributed by atoms with Gasteiger partial charge in [-0.05, 0) is 6.07 Å². The van der Waals surface area contributed by atoms with Gasteiger partial charge in [0.25, 0.3) is 0 Å². The van der Waals surface area contributed by atoms with Crippen molar-refractivity contribution in [2.45, 2.75) is 26.8 Å². The minimum atomic E-state index is 0.645. The van der Waals surface area contributed by atoms with E-state index < -0.39 is 0 Å². The Hall–Kier alpha value is -0.280. The molecule has 0 bridgehead atoms. The van der Waals surface area contributed by atoms with Crippen molar-refractivity contribution >= 4 is 23.2 Å². The number of benzene rings is 1. The van der Waals surface area contributed by atoms with Crippen LogP contribution in [0, 0.1) is 11.8 Å². The standard InChI is InChI=1S/C16H25Cl2N2/c1-12(2)9-20(7-6-13(8-19)10-20)11-14-4-3-5-15(17)16(14)18/h3-5,12-13H,6-11,19H2,1-2H3/q+1/t13-,20?/m0/s1. The molecule has 2 N–H and O–H groups in total. The Labute approximate surface area is 132 Å². The third-order valence-corrected chi connectivity index (χ3v) is 5.14. The number of likely N-dealkylation sites (tertiary alicyclic amines) is 1. The monoisotopic (exact) mass is 315 g/mol. The number of rotatable bonds is 5. The quantitative estimate of drug-likeness (QED) is 0.818. The Morgan fingerprint density at radius 3 is 2.70 bits per heavy atom. The molecule has 0 aromatic heterocycles. The first kappa shape index (κ1) is 16.1. The fourth-order valence-corrected chi connectivity index (χ4v) is 3.94. The van der Waals surface area contributed by atoms with Gasteiger partial charge >= 0.3 is 0 Å². The normalized spacial score (nSPS) is 26.4. The smallest absolute Gasteiger partial charge is 0.106 e. The molecule has 2 atom stereocenters. The lowest BCUT2D eigenvalue weighted by molar-refractivity contribution is -0.933. The predicted octanol–water partition coefficient (Wildman–Crippen LogP) is 3.94. The second-order valence-electron chi connectivity index (χ2n) is 6.59. The maximum Gasteiger partial charge on any atom is 0.106 e. The predicted molar refractivity (Wildman–Crippen MR) is 87.0 cm³/mol. The molecule has 0 aliphatic carbocycles. The molecule has 1 aliphatic rings. The van der Waals surface area contributed by atoms with E-state index in [1.807, 2.05) is 12.1 Å². The molecule has 1 heterocycles. The molecule has 112 valence electrons. The largest absolute Gasteiger partial charge is 0.330 e. The van der Waals surface area contributed by atoms with Crippen molar-refractivity contribution in [1.29, 1.82) is 0 Å². The van der Waals surface area contributed by atoms with Crippen LogP contribution in [0.1, 0.15) is 25.8 Å². The van der Waals surface area contributed by atoms with E-state index in [4.69, 9.17) is 28.9 Å². The Kier molecular flexibility index (Phi) is 5.36. The summed E-state index contributed by atoms with van der Waals surface area (Å²) in [5, 5.41) is 1.37. The van der Waals surface area contributed by atoms with E-state index in [1.54, 1.807) is 0 Å². The van der Waals surface area contributed by atoms with Crippen molar-refractivity contribution in [2.75, 3.05) is 26.2 Å². The number of hydrogen-bond acceptors (Lipinski definition) is 1. The molecule has 1 saturated heterocycles. The summed E-state index contributed by atoms with van der Waals surface area (Å²) in [7, 11) is 0. The molecule has 1 fully saturated rings. The van der Waals surface area contributed by atoms with Crippen LogP contribution in [0.5, 0.6) is 0 Å². The van der Waals surface area contributed by atoms with Crippen LogP contribution in [0.3, 0.4) is 0 Å². The number of nitrogens with two attached hydrogens (primary N) is 1. The molecule has 4 heteroatoms. The van der Waals surface area contributed by atoms with Crippen LogP contribution in [-0.4, -0.2) is 30.7 Å². The summed E-state index contributed by atoms with van der Waals surface area (Å²) < 4.78 is 1.10. The van der Waals surface area contributed by atoms with Crippen LogP contribution in [0.15, 0.2) is 18.2 Å². The van der Waals surface area contributed by atoms with Gasteiger partial charge in [-0.1, -0.05) is 49.2 Å². The van der Waals surface area contributed by atoms with E-state index >= 15 is 0 Å². The highest BCUT2D eigenvalue weighted by Gasteiger charge is 2.38. The van der Waals surface area contributed by atoms with Crippen LogP contribution in [0.2, 0.25) is 10.0 Å². The minimum absolute atomic E-state index is 0.645. The van der Waals surface area contributed by atoms with Gasteiger partial charge in [-0.15, -0.1) is 0 Å². The van der Waals surface area contributed by atoms with E-state index in [0.717, 1.165) is 29.7 Å². The van der Waals surface area contributed by atoms with E-state index in [9.17, 15) is 0 Å². The van der Waals surface area contributed by atoms with E-state index in [-0.39, 0.29) is 0 Å². The average Bonchev–Trinajstić information content (AvgIpc) is 2.77. The average molecular weight is 316 g/mol. The molecule has 1 unspecified atom stereocenters. The second kappa shape index (κ2) is 6.65. The van der Waals surface area contributed by atoms with Gasteiger partial charge in [-0.3, -0.25) is 0 Å². The summed E-state index contributed by atoms with van der Waals surface area (Å²) in [5.41, 5.74) is 7.04. The first-order valence-electron chi connectivity index (χ1n) is 7.44. The summed E-state index contributed by atoms with van der Waals surface area (Å²) in [5.74, 6) is 1.32. The zero-order chi connectivity index (χ0) is 14.8. The van der Waals surface area contributed by atoms with Crippen molar-refractivity contribution in [3.05, 3.63) is 33.8 Å². The Bertz CT molecular complexity index is 462. The lowest BCUT2D eigenvalue weighted by atomic mass is 10.1. The molecule has 1 aromatic rings. The van der Waals surface area contributed by atoms with Gasteiger partial charge in [0.05, 0.1) is 29.7 Å². The van der Waals surface area contributed by atoms with Crippen LogP contribution < -0.4 is 5.73 Å². The van der Waals surface area contributed by atoms with Crippen molar-refractivity contribution in [3.8, 4) is 0 Å². The zero-order valence-corrected chi connectivity index (χ0v) is 13.9. The molecule has 0 saturated carbocycles. The maximum atomic E-state index is 6.37. The molecule has 2 nitrogen and oxygen atoms in total. The third-order valence-electron chi connectivity index (χ3n) is 4.28. The molecular formula is C16H25Cl2N2+. The fraction of sp³-hybridized carbons (Fsp3) is 0.625. The van der Waals surface area contributed by atoms with Crippen molar-refractivity contribution in [3.63, 3.8) is 0 Å². The van der Waals surface area contributed by atoms with Crippen LogP contribution >= 0.6 is 23.2 Å². The van der Waals surface area contributed by atoms with Crippen molar-refractivity contribution in [1.82, 2.24) is 0 Å². The molecule has 0 amide bonds.